The van der Waals surface area contributed by atoms with Gasteiger partial charge in [0.25, 0.3) is 0 Å². The first-order valence-electron chi connectivity index (χ1n) is 9.35. The number of hydrogen-bond acceptors (Lipinski definition) is 6. The summed E-state index contributed by atoms with van der Waals surface area (Å²) in [5.41, 5.74) is 3.07. The maximum Gasteiger partial charge on any atom is 0.357 e. The lowest BCUT2D eigenvalue weighted by molar-refractivity contribution is 0.0520. The van der Waals surface area contributed by atoms with Crippen molar-refractivity contribution in [2.75, 3.05) is 13.7 Å². The maximum atomic E-state index is 12.5. The van der Waals surface area contributed by atoms with Gasteiger partial charge in [0.15, 0.2) is 5.69 Å². The molecule has 4 aromatic rings. The molecule has 0 aliphatic carbocycles. The van der Waals surface area contributed by atoms with Crippen LogP contribution < -0.4 is 4.74 Å². The second kappa shape index (κ2) is 8.12. The molecule has 2 aromatic carbocycles. The summed E-state index contributed by atoms with van der Waals surface area (Å²) in [6, 6.07) is 14.5. The lowest BCUT2D eigenvalue weighted by Crippen LogP contribution is -2.06. The first kappa shape index (κ1) is 19.3. The van der Waals surface area contributed by atoms with Crippen molar-refractivity contribution in [2.24, 2.45) is 0 Å². The fourth-order valence-electron chi connectivity index (χ4n) is 3.18. The normalized spacial score (nSPS) is 10.7. The van der Waals surface area contributed by atoms with Gasteiger partial charge in [-0.2, -0.15) is 10.2 Å². The van der Waals surface area contributed by atoms with Gasteiger partial charge >= 0.3 is 5.97 Å². The number of phenolic OH excluding ortho intramolecular Hbond substituents is 1. The van der Waals surface area contributed by atoms with Gasteiger partial charge in [-0.05, 0) is 31.2 Å². The Balaban J connectivity index is 1.86. The number of ether oxygens (including phenoxy) is 2. The van der Waals surface area contributed by atoms with E-state index in [4.69, 9.17) is 9.47 Å². The fraction of sp³-hybridized carbons (Fsp3) is 0.136. The Morgan fingerprint density at radius 2 is 2.00 bits per heavy atom. The minimum absolute atomic E-state index is 0.0204. The van der Waals surface area contributed by atoms with Crippen molar-refractivity contribution in [2.45, 2.75) is 6.92 Å². The fourth-order valence-corrected chi connectivity index (χ4v) is 3.18. The SMILES string of the molecule is CCOC(=O)c1[nH]nc(-c2ccc(OC)cc2O)c1-c1cnn(-c2ccccc2)c1. The average Bonchev–Trinajstić information content (AvgIpc) is 3.41. The molecule has 4 rings (SSSR count). The van der Waals surface area contributed by atoms with Gasteiger partial charge in [0.1, 0.15) is 17.2 Å². The van der Waals surface area contributed by atoms with Crippen LogP contribution in [0.2, 0.25) is 0 Å². The van der Waals surface area contributed by atoms with Crippen LogP contribution in [0.5, 0.6) is 11.5 Å². The van der Waals surface area contributed by atoms with Gasteiger partial charge < -0.3 is 14.6 Å². The minimum Gasteiger partial charge on any atom is -0.507 e. The molecule has 0 saturated heterocycles. The van der Waals surface area contributed by atoms with Gasteiger partial charge in [0, 0.05) is 29.0 Å². The van der Waals surface area contributed by atoms with E-state index < -0.39 is 5.97 Å². The molecule has 30 heavy (non-hydrogen) atoms. The molecule has 0 unspecified atom stereocenters. The molecular weight excluding hydrogens is 384 g/mol. The molecule has 0 atom stereocenters. The van der Waals surface area contributed by atoms with Crippen LogP contribution >= 0.6 is 0 Å². The Bertz CT molecular complexity index is 1180. The molecule has 0 fully saturated rings. The Morgan fingerprint density at radius 1 is 1.20 bits per heavy atom. The van der Waals surface area contributed by atoms with Crippen molar-refractivity contribution in [1.82, 2.24) is 20.0 Å². The first-order valence-corrected chi connectivity index (χ1v) is 9.35. The third-order valence-electron chi connectivity index (χ3n) is 4.60. The van der Waals surface area contributed by atoms with Crippen LogP contribution in [-0.4, -0.2) is 44.8 Å². The number of carbonyl (C=O) groups excluding carboxylic acids is 1. The van der Waals surface area contributed by atoms with Crippen molar-refractivity contribution >= 4 is 5.97 Å². The summed E-state index contributed by atoms with van der Waals surface area (Å²) in [6.45, 7) is 1.96. The number of benzene rings is 2. The Hall–Kier alpha value is -4.07. The van der Waals surface area contributed by atoms with E-state index in [2.05, 4.69) is 15.3 Å². The van der Waals surface area contributed by atoms with Crippen LogP contribution in [-0.2, 0) is 4.74 Å². The van der Waals surface area contributed by atoms with Crippen molar-refractivity contribution < 1.29 is 19.4 Å². The highest BCUT2D eigenvalue weighted by Crippen LogP contribution is 2.39. The predicted molar refractivity (Wildman–Crippen MR) is 111 cm³/mol. The van der Waals surface area contributed by atoms with Gasteiger partial charge in [-0.15, -0.1) is 0 Å². The van der Waals surface area contributed by atoms with Crippen LogP contribution in [0.25, 0.3) is 28.1 Å². The number of nitrogens with one attached hydrogen (secondary N) is 1. The van der Waals surface area contributed by atoms with E-state index in [9.17, 15) is 9.90 Å². The Kier molecular flexibility index (Phi) is 5.21. The lowest BCUT2D eigenvalue weighted by atomic mass is 10.0. The number of aromatic nitrogens is 4. The number of esters is 1. The monoisotopic (exact) mass is 404 g/mol. The molecule has 0 spiro atoms. The first-order chi connectivity index (χ1) is 14.6. The van der Waals surface area contributed by atoms with E-state index in [1.165, 1.54) is 13.2 Å². The van der Waals surface area contributed by atoms with Gasteiger partial charge in [-0.1, -0.05) is 18.2 Å². The molecule has 0 radical (unpaired) electrons. The van der Waals surface area contributed by atoms with Gasteiger partial charge in [0.2, 0.25) is 0 Å². The molecule has 8 nitrogen and oxygen atoms in total. The molecule has 0 bridgehead atoms. The molecule has 8 heteroatoms. The zero-order valence-electron chi connectivity index (χ0n) is 16.5. The van der Waals surface area contributed by atoms with Crippen molar-refractivity contribution in [3.63, 3.8) is 0 Å². The quantitative estimate of drug-likeness (QED) is 0.474. The summed E-state index contributed by atoms with van der Waals surface area (Å²) < 4.78 is 12.0. The average molecular weight is 404 g/mol. The highest BCUT2D eigenvalue weighted by atomic mass is 16.5. The summed E-state index contributed by atoms with van der Waals surface area (Å²) >= 11 is 0. The van der Waals surface area contributed by atoms with E-state index >= 15 is 0 Å². The van der Waals surface area contributed by atoms with Crippen LogP contribution in [0.4, 0.5) is 0 Å². The second-order valence-electron chi connectivity index (χ2n) is 6.43. The number of methoxy groups -OCH3 is 1. The summed E-state index contributed by atoms with van der Waals surface area (Å²) in [4.78, 5) is 12.5. The van der Waals surface area contributed by atoms with Gasteiger partial charge in [-0.3, -0.25) is 5.10 Å². The molecule has 2 aromatic heterocycles. The number of carbonyl (C=O) groups is 1. The highest BCUT2D eigenvalue weighted by molar-refractivity contribution is 6.00. The zero-order chi connectivity index (χ0) is 21.1. The molecule has 2 heterocycles. The lowest BCUT2D eigenvalue weighted by Gasteiger charge is -2.07. The topological polar surface area (TPSA) is 102 Å². The van der Waals surface area contributed by atoms with Gasteiger partial charge in [-0.25, -0.2) is 9.48 Å². The number of phenols is 1. The third kappa shape index (κ3) is 3.50. The van der Waals surface area contributed by atoms with E-state index in [0.717, 1.165) is 5.69 Å². The summed E-state index contributed by atoms with van der Waals surface area (Å²) in [5.74, 6) is -0.0458. The number of H-pyrrole nitrogens is 1. The summed E-state index contributed by atoms with van der Waals surface area (Å²) in [6.07, 6.45) is 3.44. The molecular formula is C22H20N4O4. The van der Waals surface area contributed by atoms with Crippen LogP contribution in [0.1, 0.15) is 17.4 Å². The predicted octanol–water partition coefficient (Wildman–Crippen LogP) is 3.82. The number of nitrogens with zero attached hydrogens (tertiary/aromatic N) is 3. The largest absolute Gasteiger partial charge is 0.507 e. The minimum atomic E-state index is -0.535. The Labute approximate surface area is 172 Å². The number of aromatic hydroxyl groups is 1. The summed E-state index contributed by atoms with van der Waals surface area (Å²) in [5, 5.41) is 22.0. The van der Waals surface area contributed by atoms with Crippen molar-refractivity contribution in [1.29, 1.82) is 0 Å². The van der Waals surface area contributed by atoms with E-state index in [1.807, 2.05) is 30.3 Å². The molecule has 2 N–H and O–H groups in total. The zero-order valence-corrected chi connectivity index (χ0v) is 16.5. The smallest absolute Gasteiger partial charge is 0.357 e. The van der Waals surface area contributed by atoms with Crippen molar-refractivity contribution in [3.8, 4) is 39.6 Å². The van der Waals surface area contributed by atoms with Crippen LogP contribution in [0.3, 0.4) is 0 Å². The van der Waals surface area contributed by atoms with E-state index in [-0.39, 0.29) is 18.1 Å². The van der Waals surface area contributed by atoms with E-state index in [1.54, 1.807) is 36.1 Å². The number of aromatic amines is 1. The number of para-hydroxylation sites is 1. The standard InChI is InChI=1S/C22H20N4O4/c1-3-30-22(28)21-19(14-12-23-26(13-14)15-7-5-4-6-8-15)20(24-25-21)17-10-9-16(29-2)11-18(17)27/h4-13,27H,3H2,1-2H3,(H,24,25). The molecule has 0 saturated carbocycles. The van der Waals surface area contributed by atoms with Gasteiger partial charge in [0.05, 0.1) is 25.6 Å². The highest BCUT2D eigenvalue weighted by Gasteiger charge is 2.25. The Morgan fingerprint density at radius 3 is 2.70 bits per heavy atom. The second-order valence-corrected chi connectivity index (χ2v) is 6.43. The third-order valence-corrected chi connectivity index (χ3v) is 4.60. The molecule has 0 aliphatic rings. The van der Waals surface area contributed by atoms with Crippen LogP contribution in [0, 0.1) is 0 Å². The molecule has 0 amide bonds. The van der Waals surface area contributed by atoms with Crippen LogP contribution in [0.15, 0.2) is 60.9 Å². The summed E-state index contributed by atoms with van der Waals surface area (Å²) in [7, 11) is 1.52. The van der Waals surface area contributed by atoms with E-state index in [0.29, 0.717) is 28.1 Å². The maximum absolute atomic E-state index is 12.5. The van der Waals surface area contributed by atoms with Crippen molar-refractivity contribution in [3.05, 3.63) is 66.6 Å². The molecule has 152 valence electrons. The number of hydrogen-bond donors (Lipinski definition) is 2. The molecule has 0 aliphatic heterocycles. The number of rotatable bonds is 6.